The molecule has 1 saturated heterocycles. The Kier molecular flexibility index (Phi) is 5.27. The number of nitrogens with zero attached hydrogens (tertiary/aromatic N) is 5. The van der Waals surface area contributed by atoms with Crippen molar-refractivity contribution in [3.05, 3.63) is 63.5 Å². The maximum Gasteiger partial charge on any atom is 0.348 e. The zero-order valence-electron chi connectivity index (χ0n) is 17.0. The molecule has 0 aliphatic carbocycles. The van der Waals surface area contributed by atoms with Gasteiger partial charge in [0.25, 0.3) is 5.56 Å². The lowest BCUT2D eigenvalue weighted by atomic mass is 10.2. The highest BCUT2D eigenvalue weighted by atomic mass is 32.1. The van der Waals surface area contributed by atoms with Crippen LogP contribution in [0.15, 0.2) is 41.3 Å². The van der Waals surface area contributed by atoms with Crippen LogP contribution in [0.5, 0.6) is 0 Å². The molecule has 1 unspecified atom stereocenters. The van der Waals surface area contributed by atoms with E-state index in [0.29, 0.717) is 39.9 Å². The van der Waals surface area contributed by atoms with Crippen LogP contribution in [0.2, 0.25) is 0 Å². The van der Waals surface area contributed by atoms with Gasteiger partial charge in [-0.25, -0.2) is 19.4 Å². The fourth-order valence-electron chi connectivity index (χ4n) is 3.52. The molecule has 0 amide bonds. The molecule has 1 fully saturated rings. The van der Waals surface area contributed by atoms with Crippen molar-refractivity contribution in [3.8, 4) is 11.3 Å². The van der Waals surface area contributed by atoms with E-state index in [2.05, 4.69) is 15.1 Å². The molecule has 1 aliphatic rings. The van der Waals surface area contributed by atoms with E-state index in [1.165, 1.54) is 47.5 Å². The Hall–Kier alpha value is -3.44. The topological polar surface area (TPSA) is 101 Å². The number of halogens is 1. The molecular formula is C21H18FN5O4S. The Labute approximate surface area is 185 Å². The summed E-state index contributed by atoms with van der Waals surface area (Å²) in [4.78, 5) is 34.2. The summed E-state index contributed by atoms with van der Waals surface area (Å²) in [6.07, 6.45) is 2.46. The maximum atomic E-state index is 13.4. The second-order valence-electron chi connectivity index (χ2n) is 7.30. The number of imidazole rings is 1. The highest BCUT2D eigenvalue weighted by molar-refractivity contribution is 7.20. The smallest absolute Gasteiger partial charge is 0.348 e. The van der Waals surface area contributed by atoms with Crippen LogP contribution in [0.1, 0.15) is 21.9 Å². The number of hydrogen-bond donors (Lipinski definition) is 0. The van der Waals surface area contributed by atoms with Crippen LogP contribution in [-0.4, -0.2) is 50.1 Å². The van der Waals surface area contributed by atoms with Crippen LogP contribution in [0, 0.1) is 5.95 Å². The lowest BCUT2D eigenvalue weighted by molar-refractivity contribution is -0.0590. The quantitative estimate of drug-likeness (QED) is 0.325. The molecule has 11 heteroatoms. The summed E-state index contributed by atoms with van der Waals surface area (Å²) < 4.78 is 27.0. The monoisotopic (exact) mass is 455 g/mol. The summed E-state index contributed by atoms with van der Waals surface area (Å²) in [6, 6.07) is 7.49. The number of fused-ring (bicyclic) bond motifs is 1. The molecule has 164 valence electrons. The Balaban J connectivity index is 1.49. The van der Waals surface area contributed by atoms with Crippen LogP contribution in [0.4, 0.5) is 4.39 Å². The van der Waals surface area contributed by atoms with Gasteiger partial charge in [0.05, 0.1) is 37.2 Å². The predicted molar refractivity (Wildman–Crippen MR) is 114 cm³/mol. The lowest BCUT2D eigenvalue weighted by Crippen LogP contribution is -2.32. The van der Waals surface area contributed by atoms with Crippen molar-refractivity contribution < 1.29 is 18.7 Å². The molecule has 4 aromatic heterocycles. The van der Waals surface area contributed by atoms with Gasteiger partial charge in [0.1, 0.15) is 22.1 Å². The predicted octanol–water partition coefficient (Wildman–Crippen LogP) is 2.48. The Bertz CT molecular complexity index is 1370. The standard InChI is InChI=1S/C21H18FN5O4S/c1-30-21(29)16-8-15-20(32-16)25-18(26(15)10-13-5-6-31-13)11-27-19(28)7-12(9-23-27)14-3-2-4-17(22)24-14/h2-4,7-9,13H,5-6,10-11H2,1H3. The van der Waals surface area contributed by atoms with Gasteiger partial charge in [0.15, 0.2) is 0 Å². The molecule has 0 radical (unpaired) electrons. The fraction of sp³-hybridized carbons (Fsp3) is 0.286. The van der Waals surface area contributed by atoms with Crippen LogP contribution in [0.3, 0.4) is 0 Å². The number of aromatic nitrogens is 5. The maximum absolute atomic E-state index is 13.4. The van der Waals surface area contributed by atoms with Crippen molar-refractivity contribution in [2.45, 2.75) is 25.6 Å². The molecule has 1 atom stereocenters. The summed E-state index contributed by atoms with van der Waals surface area (Å²) in [5.74, 6) is -0.414. The minimum absolute atomic E-state index is 0.0544. The molecular weight excluding hydrogens is 437 g/mol. The number of ether oxygens (including phenoxy) is 2. The van der Waals surface area contributed by atoms with Crippen LogP contribution in [0.25, 0.3) is 21.6 Å². The molecule has 0 spiro atoms. The van der Waals surface area contributed by atoms with E-state index < -0.39 is 11.9 Å². The van der Waals surface area contributed by atoms with E-state index in [1.807, 2.05) is 4.57 Å². The molecule has 5 heterocycles. The molecule has 32 heavy (non-hydrogen) atoms. The molecule has 0 N–H and O–H groups in total. The van der Waals surface area contributed by atoms with E-state index in [-0.39, 0.29) is 18.2 Å². The molecule has 4 aromatic rings. The number of carbonyl (C=O) groups excluding carboxylic acids is 1. The highest BCUT2D eigenvalue weighted by Gasteiger charge is 2.24. The van der Waals surface area contributed by atoms with Gasteiger partial charge >= 0.3 is 5.97 Å². The first-order valence-corrected chi connectivity index (χ1v) is 10.7. The Morgan fingerprint density at radius 2 is 2.19 bits per heavy atom. The van der Waals surface area contributed by atoms with E-state index in [1.54, 1.807) is 12.1 Å². The summed E-state index contributed by atoms with van der Waals surface area (Å²) in [7, 11) is 1.34. The molecule has 0 bridgehead atoms. The minimum Gasteiger partial charge on any atom is -0.465 e. The van der Waals surface area contributed by atoms with E-state index in [9.17, 15) is 14.0 Å². The van der Waals surface area contributed by atoms with E-state index in [4.69, 9.17) is 9.47 Å². The second kappa shape index (κ2) is 8.24. The van der Waals surface area contributed by atoms with Crippen molar-refractivity contribution in [1.29, 1.82) is 0 Å². The highest BCUT2D eigenvalue weighted by Crippen LogP contribution is 2.29. The zero-order valence-corrected chi connectivity index (χ0v) is 17.8. The third kappa shape index (κ3) is 3.80. The van der Waals surface area contributed by atoms with E-state index in [0.717, 1.165) is 11.9 Å². The number of pyridine rings is 1. The average molecular weight is 455 g/mol. The third-order valence-electron chi connectivity index (χ3n) is 5.26. The van der Waals surface area contributed by atoms with Crippen LogP contribution >= 0.6 is 11.3 Å². The summed E-state index contributed by atoms with van der Waals surface area (Å²) in [5.41, 5.74) is 1.19. The average Bonchev–Trinajstić information content (AvgIpc) is 3.29. The second-order valence-corrected chi connectivity index (χ2v) is 8.33. The fourth-order valence-corrected chi connectivity index (χ4v) is 4.49. The van der Waals surface area contributed by atoms with Gasteiger partial charge in [-0.15, -0.1) is 11.3 Å². The number of hydrogen-bond acceptors (Lipinski definition) is 8. The van der Waals surface area contributed by atoms with Gasteiger partial charge < -0.3 is 14.0 Å². The van der Waals surface area contributed by atoms with Crippen LogP contribution in [-0.2, 0) is 22.6 Å². The summed E-state index contributed by atoms with van der Waals surface area (Å²) >= 11 is 1.23. The first-order chi connectivity index (χ1) is 15.5. The normalized spacial score (nSPS) is 15.6. The van der Waals surface area contributed by atoms with Gasteiger partial charge in [-0.1, -0.05) is 6.07 Å². The van der Waals surface area contributed by atoms with Gasteiger partial charge in [-0.05, 0) is 24.6 Å². The number of thiophene rings is 1. The number of esters is 1. The van der Waals surface area contributed by atoms with Crippen molar-refractivity contribution in [2.75, 3.05) is 13.7 Å². The molecule has 1 aliphatic heterocycles. The SMILES string of the molecule is COC(=O)c1cc2c(nc(Cn3ncc(-c4cccc(F)n4)cc3=O)n2CC2CCO2)s1. The Morgan fingerprint density at radius 1 is 1.34 bits per heavy atom. The first kappa shape index (κ1) is 20.5. The minimum atomic E-state index is -0.627. The van der Waals surface area contributed by atoms with Crippen molar-refractivity contribution >= 4 is 27.7 Å². The zero-order chi connectivity index (χ0) is 22.2. The molecule has 0 aromatic carbocycles. The number of rotatable bonds is 6. The van der Waals surface area contributed by atoms with Crippen molar-refractivity contribution in [2.24, 2.45) is 0 Å². The van der Waals surface area contributed by atoms with Crippen LogP contribution < -0.4 is 5.56 Å². The van der Waals surface area contributed by atoms with Gasteiger partial charge in [-0.3, -0.25) is 4.79 Å². The summed E-state index contributed by atoms with van der Waals surface area (Å²) in [5, 5.41) is 4.23. The summed E-state index contributed by atoms with van der Waals surface area (Å²) in [6.45, 7) is 1.41. The van der Waals surface area contributed by atoms with Gasteiger partial charge in [0, 0.05) is 18.2 Å². The van der Waals surface area contributed by atoms with E-state index >= 15 is 0 Å². The number of methoxy groups -OCH3 is 1. The van der Waals surface area contributed by atoms with Crippen molar-refractivity contribution in [1.82, 2.24) is 24.3 Å². The number of carbonyl (C=O) groups is 1. The Morgan fingerprint density at radius 3 is 2.88 bits per heavy atom. The molecule has 5 rings (SSSR count). The van der Waals surface area contributed by atoms with Gasteiger partial charge in [0.2, 0.25) is 5.95 Å². The largest absolute Gasteiger partial charge is 0.465 e. The first-order valence-electron chi connectivity index (χ1n) is 9.91. The third-order valence-corrected chi connectivity index (χ3v) is 6.26. The van der Waals surface area contributed by atoms with Crippen molar-refractivity contribution in [3.63, 3.8) is 0 Å². The van der Waals surface area contributed by atoms with Gasteiger partial charge in [-0.2, -0.15) is 9.49 Å². The molecule has 0 saturated carbocycles. The lowest BCUT2D eigenvalue weighted by Gasteiger charge is -2.27. The molecule has 9 nitrogen and oxygen atoms in total.